The van der Waals surface area contributed by atoms with Gasteiger partial charge in [-0.05, 0) is 43.6 Å². The Kier molecular flexibility index (Phi) is 5.87. The Morgan fingerprint density at radius 1 is 1.57 bits per heavy atom. The molecule has 1 aliphatic heterocycles. The Labute approximate surface area is 92.2 Å². The minimum absolute atomic E-state index is 0.717. The zero-order chi connectivity index (χ0) is 10.2. The molecule has 1 rings (SSSR count). The maximum absolute atomic E-state index is 3.56. The molecular formula is C13H20S. The van der Waals surface area contributed by atoms with Gasteiger partial charge in [0.2, 0.25) is 0 Å². The molecule has 0 amide bonds. The summed E-state index contributed by atoms with van der Waals surface area (Å²) in [6.45, 7) is 5.82. The van der Waals surface area contributed by atoms with E-state index < -0.39 is 0 Å². The molecule has 1 heterocycles. The number of thioether (sulfide) groups is 1. The third-order valence-corrected chi connectivity index (χ3v) is 4.27. The van der Waals surface area contributed by atoms with Crippen molar-refractivity contribution in [3.05, 3.63) is 24.1 Å². The molecule has 0 radical (unpaired) electrons. The molecule has 0 saturated carbocycles. The van der Waals surface area contributed by atoms with Crippen LogP contribution in [0.5, 0.6) is 0 Å². The third-order valence-electron chi connectivity index (χ3n) is 2.73. The van der Waals surface area contributed by atoms with Crippen molar-refractivity contribution < 1.29 is 0 Å². The first-order chi connectivity index (χ1) is 6.88. The van der Waals surface area contributed by atoms with Gasteiger partial charge in [0.15, 0.2) is 0 Å². The van der Waals surface area contributed by atoms with Crippen LogP contribution < -0.4 is 0 Å². The Morgan fingerprint density at radius 2 is 2.43 bits per heavy atom. The number of hydrogen-bond acceptors (Lipinski definition) is 1. The molecule has 0 aromatic carbocycles. The first-order valence-corrected chi connectivity index (χ1v) is 6.66. The van der Waals surface area contributed by atoms with Gasteiger partial charge in [-0.2, -0.15) is 11.8 Å². The monoisotopic (exact) mass is 208 g/mol. The summed E-state index contributed by atoms with van der Waals surface area (Å²) in [6, 6.07) is 0. The lowest BCUT2D eigenvalue weighted by molar-refractivity contribution is 0.503. The predicted molar refractivity (Wildman–Crippen MR) is 65.7 cm³/mol. The number of rotatable bonds is 4. The lowest BCUT2D eigenvalue weighted by Crippen LogP contribution is -2.20. The molecule has 78 valence electrons. The van der Waals surface area contributed by atoms with Crippen molar-refractivity contribution >= 4 is 11.8 Å². The molecule has 2 atom stereocenters. The largest absolute Gasteiger partial charge is 0.158 e. The van der Waals surface area contributed by atoms with Crippen molar-refractivity contribution in [2.24, 2.45) is 5.92 Å². The average Bonchev–Trinajstić information content (AvgIpc) is 2.24. The maximum atomic E-state index is 3.56. The SMILES string of the molecule is C=C=C=C[C@@H]1CCCS[C@@H]1CCCC. The average molecular weight is 208 g/mol. The van der Waals surface area contributed by atoms with Gasteiger partial charge in [0, 0.05) is 5.25 Å². The van der Waals surface area contributed by atoms with E-state index in [9.17, 15) is 0 Å². The summed E-state index contributed by atoms with van der Waals surface area (Å²) in [5.74, 6) is 2.06. The van der Waals surface area contributed by atoms with Crippen LogP contribution in [-0.2, 0) is 0 Å². The van der Waals surface area contributed by atoms with E-state index in [2.05, 4.69) is 42.8 Å². The first kappa shape index (κ1) is 11.7. The van der Waals surface area contributed by atoms with Crippen LogP contribution in [0, 0.1) is 5.92 Å². The van der Waals surface area contributed by atoms with E-state index in [1.165, 1.54) is 37.9 Å². The summed E-state index contributed by atoms with van der Waals surface area (Å²) in [7, 11) is 0. The van der Waals surface area contributed by atoms with Crippen molar-refractivity contribution in [1.82, 2.24) is 0 Å². The summed E-state index contributed by atoms with van der Waals surface area (Å²) in [4.78, 5) is 0. The van der Waals surface area contributed by atoms with Gasteiger partial charge in [-0.25, -0.2) is 0 Å². The fourth-order valence-electron chi connectivity index (χ4n) is 1.92. The Hall–Kier alpha value is -0.350. The molecule has 14 heavy (non-hydrogen) atoms. The third kappa shape index (κ3) is 3.80. The molecule has 1 fully saturated rings. The van der Waals surface area contributed by atoms with Crippen LogP contribution in [0.2, 0.25) is 0 Å². The van der Waals surface area contributed by atoms with Crippen LogP contribution in [0.1, 0.15) is 39.0 Å². The fourth-order valence-corrected chi connectivity index (χ4v) is 3.35. The van der Waals surface area contributed by atoms with E-state index in [0.29, 0.717) is 0 Å². The van der Waals surface area contributed by atoms with Gasteiger partial charge in [0.25, 0.3) is 0 Å². The summed E-state index contributed by atoms with van der Waals surface area (Å²) >= 11 is 2.14. The molecule has 0 nitrogen and oxygen atoms in total. The first-order valence-electron chi connectivity index (χ1n) is 5.61. The molecular weight excluding hydrogens is 188 g/mol. The molecule has 0 aromatic heterocycles. The lowest BCUT2D eigenvalue weighted by Gasteiger charge is -2.28. The van der Waals surface area contributed by atoms with E-state index in [0.717, 1.165) is 11.2 Å². The van der Waals surface area contributed by atoms with Crippen molar-refractivity contribution in [2.75, 3.05) is 5.75 Å². The van der Waals surface area contributed by atoms with Crippen LogP contribution in [0.15, 0.2) is 24.1 Å². The minimum atomic E-state index is 0.717. The van der Waals surface area contributed by atoms with Crippen LogP contribution in [-0.4, -0.2) is 11.0 Å². The normalized spacial score (nSPS) is 26.4. The molecule has 0 unspecified atom stereocenters. The molecule has 0 N–H and O–H groups in total. The topological polar surface area (TPSA) is 0 Å². The van der Waals surface area contributed by atoms with Crippen molar-refractivity contribution in [1.29, 1.82) is 0 Å². The highest BCUT2D eigenvalue weighted by Gasteiger charge is 2.22. The number of unbranched alkanes of at least 4 members (excludes halogenated alkanes) is 1. The summed E-state index contributed by atoms with van der Waals surface area (Å²) < 4.78 is 0. The van der Waals surface area contributed by atoms with Crippen LogP contribution in [0.3, 0.4) is 0 Å². The second-order valence-electron chi connectivity index (χ2n) is 3.85. The molecule has 0 aromatic rings. The van der Waals surface area contributed by atoms with Crippen LogP contribution >= 0.6 is 11.8 Å². The van der Waals surface area contributed by atoms with Gasteiger partial charge in [-0.15, -0.1) is 0 Å². The number of hydrogen-bond donors (Lipinski definition) is 0. The van der Waals surface area contributed by atoms with Crippen LogP contribution in [0.4, 0.5) is 0 Å². The Balaban J connectivity index is 2.49. The van der Waals surface area contributed by atoms with Gasteiger partial charge in [-0.3, -0.25) is 0 Å². The lowest BCUT2D eigenvalue weighted by atomic mass is 9.95. The number of allylic oxidation sites excluding steroid dienone is 1. The van der Waals surface area contributed by atoms with Gasteiger partial charge in [0.05, 0.1) is 0 Å². The second-order valence-corrected chi connectivity index (χ2v) is 5.19. The van der Waals surface area contributed by atoms with Gasteiger partial charge in [-0.1, -0.05) is 31.2 Å². The minimum Gasteiger partial charge on any atom is -0.158 e. The summed E-state index contributed by atoms with van der Waals surface area (Å²) in [5.41, 5.74) is 5.75. The van der Waals surface area contributed by atoms with E-state index in [4.69, 9.17) is 0 Å². The maximum Gasteiger partial charge on any atom is 0.0116 e. The molecule has 0 spiro atoms. The highest BCUT2D eigenvalue weighted by Crippen LogP contribution is 2.34. The van der Waals surface area contributed by atoms with Gasteiger partial charge < -0.3 is 0 Å². The van der Waals surface area contributed by atoms with Crippen molar-refractivity contribution in [3.8, 4) is 0 Å². The highest BCUT2D eigenvalue weighted by atomic mass is 32.2. The zero-order valence-electron chi connectivity index (χ0n) is 9.09. The quantitative estimate of drug-likeness (QED) is 0.624. The fraction of sp³-hybridized carbons (Fsp3) is 0.692. The van der Waals surface area contributed by atoms with E-state index in [1.54, 1.807) is 0 Å². The molecule has 0 aliphatic carbocycles. The van der Waals surface area contributed by atoms with E-state index in [-0.39, 0.29) is 0 Å². The molecule has 1 heteroatoms. The Morgan fingerprint density at radius 3 is 3.14 bits per heavy atom. The molecule has 0 bridgehead atoms. The van der Waals surface area contributed by atoms with Crippen molar-refractivity contribution in [2.45, 2.75) is 44.3 Å². The Bertz CT molecular complexity index is 232. The van der Waals surface area contributed by atoms with Gasteiger partial charge in [0.1, 0.15) is 0 Å². The predicted octanol–water partition coefficient (Wildman–Crippen LogP) is 4.18. The second kappa shape index (κ2) is 7.01. The van der Waals surface area contributed by atoms with E-state index in [1.807, 2.05) is 0 Å². The highest BCUT2D eigenvalue weighted by molar-refractivity contribution is 7.99. The molecule has 1 aliphatic rings. The van der Waals surface area contributed by atoms with Crippen LogP contribution in [0.25, 0.3) is 0 Å². The standard InChI is InChI=1S/C13H20S/c1-3-5-8-12-9-7-11-14-13(12)10-6-4-2/h8,12-13H,1,4,6-7,9-11H2,2H3/t12-,13-/m1/s1. The van der Waals surface area contributed by atoms with Crippen molar-refractivity contribution in [3.63, 3.8) is 0 Å². The molecule has 1 saturated heterocycles. The zero-order valence-corrected chi connectivity index (χ0v) is 9.91. The summed E-state index contributed by atoms with van der Waals surface area (Å²) in [5, 5.41) is 0.824. The van der Waals surface area contributed by atoms with E-state index >= 15 is 0 Å². The van der Waals surface area contributed by atoms with Gasteiger partial charge >= 0.3 is 0 Å². The summed E-state index contributed by atoms with van der Waals surface area (Å²) in [6.07, 6.45) is 8.90. The smallest absolute Gasteiger partial charge is 0.0116 e.